The van der Waals surface area contributed by atoms with Crippen molar-refractivity contribution in [3.05, 3.63) is 66.1 Å². The van der Waals surface area contributed by atoms with Gasteiger partial charge in [0, 0.05) is 5.92 Å². The third-order valence-electron chi connectivity index (χ3n) is 4.06. The molecule has 0 saturated carbocycles. The second-order valence-electron chi connectivity index (χ2n) is 5.57. The average Bonchev–Trinajstić information content (AvgIpc) is 2.92. The van der Waals surface area contributed by atoms with Crippen LogP contribution in [-0.2, 0) is 9.53 Å². The zero-order valence-electron chi connectivity index (χ0n) is 13.0. The molecular weight excluding hydrogens is 302 g/mol. The third-order valence-corrected chi connectivity index (χ3v) is 4.06. The standard InChI is InChI=1S/C20H16NO3/c1-2-7-14(22)12-21-20(23)24-13-19-17-10-5-3-8-15(17)16-9-4-6-11-18(16)19/h3-6,8-11,19H,7,12-13H2,(H,21,23). The molecule has 1 aliphatic rings. The van der Waals surface area contributed by atoms with E-state index in [1.165, 1.54) is 11.1 Å². The number of Topliss-reactive ketones (excluding diaryl/α,β-unsaturated/α-hetero) is 1. The van der Waals surface area contributed by atoms with E-state index in [0.717, 1.165) is 11.1 Å². The highest BCUT2D eigenvalue weighted by Crippen LogP contribution is 2.44. The fraction of sp³-hybridized carbons (Fsp3) is 0.200. The summed E-state index contributed by atoms with van der Waals surface area (Å²) in [6.45, 7) is 0.0628. The van der Waals surface area contributed by atoms with Crippen molar-refractivity contribution in [2.75, 3.05) is 13.2 Å². The molecule has 2 aromatic rings. The van der Waals surface area contributed by atoms with Gasteiger partial charge in [0.2, 0.25) is 0 Å². The Labute approximate surface area is 140 Å². The maximum Gasteiger partial charge on any atom is 0.407 e. The molecule has 0 unspecified atom stereocenters. The van der Waals surface area contributed by atoms with E-state index in [1.807, 2.05) is 42.3 Å². The molecule has 4 heteroatoms. The van der Waals surface area contributed by atoms with Gasteiger partial charge >= 0.3 is 6.09 Å². The van der Waals surface area contributed by atoms with Crippen LogP contribution in [0, 0.1) is 12.3 Å². The van der Waals surface area contributed by atoms with Gasteiger partial charge in [-0.25, -0.2) is 4.79 Å². The Kier molecular flexibility index (Phi) is 4.62. The number of alkyl carbamates (subject to hydrolysis) is 1. The summed E-state index contributed by atoms with van der Waals surface area (Å²) in [7, 11) is 0. The molecule has 2 aromatic carbocycles. The van der Waals surface area contributed by atoms with Crippen LogP contribution in [0.1, 0.15) is 23.5 Å². The fourth-order valence-corrected chi connectivity index (χ4v) is 2.98. The van der Waals surface area contributed by atoms with Gasteiger partial charge in [0.25, 0.3) is 0 Å². The Morgan fingerprint density at radius 1 is 1.04 bits per heavy atom. The van der Waals surface area contributed by atoms with Crippen molar-refractivity contribution < 1.29 is 14.3 Å². The maximum atomic E-state index is 11.8. The molecule has 0 atom stereocenters. The van der Waals surface area contributed by atoms with E-state index in [9.17, 15) is 9.59 Å². The van der Waals surface area contributed by atoms with Crippen LogP contribution in [0.25, 0.3) is 11.1 Å². The summed E-state index contributed by atoms with van der Waals surface area (Å²) in [6, 6.07) is 16.2. The first-order valence-electron chi connectivity index (χ1n) is 7.71. The lowest BCUT2D eigenvalue weighted by Crippen LogP contribution is -2.30. The third kappa shape index (κ3) is 3.16. The van der Waals surface area contributed by atoms with E-state index >= 15 is 0 Å². The number of amides is 1. The number of hydrogen-bond donors (Lipinski definition) is 1. The van der Waals surface area contributed by atoms with E-state index in [0.29, 0.717) is 0 Å². The zero-order chi connectivity index (χ0) is 16.9. The Morgan fingerprint density at radius 2 is 1.62 bits per heavy atom. The minimum atomic E-state index is -0.629. The first kappa shape index (κ1) is 15.8. The Morgan fingerprint density at radius 3 is 2.21 bits per heavy atom. The van der Waals surface area contributed by atoms with Crippen LogP contribution < -0.4 is 5.32 Å². The summed E-state index contributed by atoms with van der Waals surface area (Å²) in [5.41, 5.74) is 4.61. The van der Waals surface area contributed by atoms with E-state index in [1.54, 1.807) is 0 Å². The summed E-state index contributed by atoms with van der Waals surface area (Å²) < 4.78 is 5.30. The number of carbonyl (C=O) groups excluding carboxylic acids is 2. The number of ether oxygens (including phenoxy) is 1. The van der Waals surface area contributed by atoms with Gasteiger partial charge in [-0.3, -0.25) is 4.79 Å². The second-order valence-corrected chi connectivity index (χ2v) is 5.57. The molecule has 0 saturated heterocycles. The average molecular weight is 318 g/mol. The molecule has 1 amide bonds. The summed E-state index contributed by atoms with van der Waals surface area (Å²) in [4.78, 5) is 23.1. The van der Waals surface area contributed by atoms with Gasteiger partial charge in [-0.2, -0.15) is 0 Å². The number of ketones is 1. The van der Waals surface area contributed by atoms with E-state index in [-0.39, 0.29) is 31.3 Å². The maximum absolute atomic E-state index is 11.8. The summed E-state index contributed by atoms with van der Waals surface area (Å²) in [6.07, 6.45) is 6.00. The Bertz CT molecular complexity index is 774. The molecule has 1 radical (unpaired) electrons. The molecule has 1 aliphatic carbocycles. The van der Waals surface area contributed by atoms with Gasteiger partial charge in [0.05, 0.1) is 13.0 Å². The van der Waals surface area contributed by atoms with Gasteiger partial charge in [-0.1, -0.05) is 54.5 Å². The molecule has 0 spiro atoms. The molecule has 0 fully saturated rings. The molecule has 0 bridgehead atoms. The Hall–Kier alpha value is -3.06. The lowest BCUT2D eigenvalue weighted by molar-refractivity contribution is -0.117. The lowest BCUT2D eigenvalue weighted by atomic mass is 9.98. The number of nitrogens with one attached hydrogen (secondary N) is 1. The highest BCUT2D eigenvalue weighted by Gasteiger charge is 2.28. The van der Waals surface area contributed by atoms with E-state index < -0.39 is 6.09 Å². The number of fused-ring (bicyclic) bond motifs is 3. The van der Waals surface area contributed by atoms with Crippen molar-refractivity contribution in [3.63, 3.8) is 0 Å². The lowest BCUT2D eigenvalue weighted by Gasteiger charge is -2.14. The summed E-state index contributed by atoms with van der Waals surface area (Å²) in [5, 5.41) is 2.41. The highest BCUT2D eigenvalue weighted by molar-refractivity contribution is 5.85. The van der Waals surface area contributed by atoms with Crippen LogP contribution >= 0.6 is 0 Å². The molecule has 0 aliphatic heterocycles. The predicted octanol–water partition coefficient (Wildman–Crippen LogP) is 3.07. The largest absolute Gasteiger partial charge is 0.449 e. The molecule has 0 heterocycles. The predicted molar refractivity (Wildman–Crippen MR) is 89.8 cm³/mol. The summed E-state index contributed by atoms with van der Waals surface area (Å²) in [5.74, 6) is 1.71. The van der Waals surface area contributed by atoms with E-state index in [4.69, 9.17) is 11.2 Å². The van der Waals surface area contributed by atoms with Gasteiger partial charge in [-0.15, -0.1) is 0 Å². The molecule has 0 aromatic heterocycles. The van der Waals surface area contributed by atoms with Crippen LogP contribution in [0.15, 0.2) is 48.5 Å². The first-order chi connectivity index (χ1) is 11.7. The minimum Gasteiger partial charge on any atom is -0.449 e. The number of benzene rings is 2. The van der Waals surface area contributed by atoms with Gasteiger partial charge in [0.15, 0.2) is 5.78 Å². The molecule has 3 rings (SSSR count). The molecular formula is C20H16NO3. The van der Waals surface area contributed by atoms with Gasteiger partial charge < -0.3 is 10.1 Å². The second kappa shape index (κ2) is 7.01. The summed E-state index contributed by atoms with van der Waals surface area (Å²) >= 11 is 0. The quantitative estimate of drug-likeness (QED) is 0.862. The Balaban J connectivity index is 1.67. The van der Waals surface area contributed by atoms with E-state index in [2.05, 4.69) is 17.4 Å². The van der Waals surface area contributed by atoms with Crippen LogP contribution in [0.2, 0.25) is 0 Å². The molecule has 4 nitrogen and oxygen atoms in total. The molecule has 1 N–H and O–H groups in total. The van der Waals surface area contributed by atoms with Crippen LogP contribution in [0.3, 0.4) is 0 Å². The van der Waals surface area contributed by atoms with Crippen LogP contribution in [-0.4, -0.2) is 25.0 Å². The van der Waals surface area contributed by atoms with Crippen molar-refractivity contribution in [2.24, 2.45) is 0 Å². The SMILES string of the molecule is [C]#CCC(=O)CNC(=O)OCC1c2ccccc2-c2ccccc21. The van der Waals surface area contributed by atoms with Crippen molar-refractivity contribution in [3.8, 4) is 17.0 Å². The topological polar surface area (TPSA) is 55.4 Å². The van der Waals surface area contributed by atoms with Gasteiger partial charge in [0.1, 0.15) is 6.61 Å². The minimum absolute atomic E-state index is 0.00578. The first-order valence-corrected chi connectivity index (χ1v) is 7.71. The highest BCUT2D eigenvalue weighted by atomic mass is 16.5. The van der Waals surface area contributed by atoms with Crippen molar-refractivity contribution in [1.82, 2.24) is 5.32 Å². The van der Waals surface area contributed by atoms with Gasteiger partial charge in [-0.05, 0) is 28.7 Å². The number of carbonyl (C=O) groups is 2. The molecule has 119 valence electrons. The van der Waals surface area contributed by atoms with Crippen molar-refractivity contribution in [1.29, 1.82) is 0 Å². The van der Waals surface area contributed by atoms with Crippen molar-refractivity contribution >= 4 is 11.9 Å². The van der Waals surface area contributed by atoms with Crippen molar-refractivity contribution in [2.45, 2.75) is 12.3 Å². The van der Waals surface area contributed by atoms with Crippen LogP contribution in [0.4, 0.5) is 4.79 Å². The zero-order valence-corrected chi connectivity index (χ0v) is 13.0. The van der Waals surface area contributed by atoms with Crippen LogP contribution in [0.5, 0.6) is 0 Å². The fourth-order valence-electron chi connectivity index (χ4n) is 2.98. The number of rotatable bonds is 5. The number of hydrogen-bond acceptors (Lipinski definition) is 3. The monoisotopic (exact) mass is 318 g/mol. The normalized spacial score (nSPS) is 12.0. The smallest absolute Gasteiger partial charge is 0.407 e. The molecule has 24 heavy (non-hydrogen) atoms.